The normalized spacial score (nSPS) is 12.4. The van der Waals surface area contributed by atoms with Crippen LogP contribution in [0.3, 0.4) is 0 Å². The van der Waals surface area contributed by atoms with Crippen molar-refractivity contribution in [2.24, 2.45) is 0 Å². The second-order valence-electron chi connectivity index (χ2n) is 5.16. The van der Waals surface area contributed by atoms with E-state index >= 15 is 0 Å². The topological polar surface area (TPSA) is 56.2 Å². The Morgan fingerprint density at radius 2 is 2.09 bits per heavy atom. The third-order valence-electron chi connectivity index (χ3n) is 3.57. The zero-order valence-corrected chi connectivity index (χ0v) is 13.0. The molecule has 0 unspecified atom stereocenters. The average Bonchev–Trinajstić information content (AvgIpc) is 2.97. The average molecular weight is 308 g/mol. The van der Waals surface area contributed by atoms with Gasteiger partial charge in [0.1, 0.15) is 5.82 Å². The van der Waals surface area contributed by atoms with Crippen molar-refractivity contribution in [1.82, 2.24) is 14.4 Å². The monoisotopic (exact) mass is 308 g/mol. The first-order valence-corrected chi connectivity index (χ1v) is 7.32. The second-order valence-corrected chi connectivity index (χ2v) is 5.16. The Kier molecular flexibility index (Phi) is 3.93. The highest BCUT2D eigenvalue weighted by molar-refractivity contribution is 5.73. The predicted octanol–water partition coefficient (Wildman–Crippen LogP) is 4.10. The first-order chi connectivity index (χ1) is 11.1. The summed E-state index contributed by atoms with van der Waals surface area (Å²) in [5, 5.41) is 0. The van der Waals surface area contributed by atoms with Gasteiger partial charge in [-0.3, -0.25) is 4.40 Å². The molecule has 2 heterocycles. The van der Waals surface area contributed by atoms with E-state index in [1.165, 1.54) is 12.1 Å². The predicted molar refractivity (Wildman–Crippen MR) is 91.3 cm³/mol. The van der Waals surface area contributed by atoms with Gasteiger partial charge in [-0.05, 0) is 37.6 Å². The summed E-state index contributed by atoms with van der Waals surface area (Å²) in [6, 6.07) is 4.45. The van der Waals surface area contributed by atoms with Crippen LogP contribution in [-0.2, 0) is 0 Å². The van der Waals surface area contributed by atoms with Crippen LogP contribution < -0.4 is 5.73 Å². The number of halogens is 1. The number of allylic oxidation sites excluding steroid dienone is 4. The number of fused-ring (bicyclic) bond motifs is 1. The van der Waals surface area contributed by atoms with E-state index in [1.807, 2.05) is 38.3 Å². The molecule has 4 nitrogen and oxygen atoms in total. The highest BCUT2D eigenvalue weighted by atomic mass is 19.1. The lowest BCUT2D eigenvalue weighted by Crippen LogP contribution is -1.91. The third-order valence-corrected chi connectivity index (χ3v) is 3.57. The molecule has 0 bridgehead atoms. The Hall–Kier alpha value is -2.95. The molecule has 0 fully saturated rings. The van der Waals surface area contributed by atoms with Crippen LogP contribution in [0.15, 0.2) is 55.0 Å². The molecule has 5 heteroatoms. The van der Waals surface area contributed by atoms with E-state index in [9.17, 15) is 4.39 Å². The van der Waals surface area contributed by atoms with Gasteiger partial charge in [-0.25, -0.2) is 14.4 Å². The van der Waals surface area contributed by atoms with E-state index in [-0.39, 0.29) is 5.82 Å². The lowest BCUT2D eigenvalue weighted by molar-refractivity contribution is 0.631. The van der Waals surface area contributed by atoms with E-state index in [0.717, 1.165) is 11.1 Å². The van der Waals surface area contributed by atoms with Gasteiger partial charge in [-0.2, -0.15) is 0 Å². The van der Waals surface area contributed by atoms with E-state index in [1.54, 1.807) is 22.9 Å². The van der Waals surface area contributed by atoms with E-state index < -0.39 is 0 Å². The van der Waals surface area contributed by atoms with Crippen molar-refractivity contribution in [2.45, 2.75) is 13.8 Å². The zero-order valence-electron chi connectivity index (χ0n) is 13.0. The highest BCUT2D eigenvalue weighted by Gasteiger charge is 2.11. The van der Waals surface area contributed by atoms with Crippen molar-refractivity contribution in [3.63, 3.8) is 0 Å². The molecular weight excluding hydrogens is 291 g/mol. The fraction of sp³-hybridized carbons (Fsp3) is 0.111. The number of nitrogen functional groups attached to an aromatic ring is 1. The molecule has 2 N–H and O–H groups in total. The van der Waals surface area contributed by atoms with E-state index in [0.29, 0.717) is 22.7 Å². The molecule has 2 aromatic heterocycles. The molecule has 0 amide bonds. The Balaban J connectivity index is 2.11. The number of anilines is 1. The largest absolute Gasteiger partial charge is 0.399 e. The van der Waals surface area contributed by atoms with Crippen LogP contribution in [0.2, 0.25) is 0 Å². The van der Waals surface area contributed by atoms with Crippen molar-refractivity contribution in [3.8, 4) is 11.3 Å². The first kappa shape index (κ1) is 15.0. The fourth-order valence-electron chi connectivity index (χ4n) is 2.44. The Bertz CT molecular complexity index is 922. The number of nitrogens with zero attached hydrogens (tertiary/aromatic N) is 3. The van der Waals surface area contributed by atoms with Crippen LogP contribution in [0.5, 0.6) is 0 Å². The number of hydrogen-bond acceptors (Lipinski definition) is 3. The summed E-state index contributed by atoms with van der Waals surface area (Å²) in [5.74, 6) is 0.160. The molecule has 0 radical (unpaired) electrons. The van der Waals surface area contributed by atoms with Crippen molar-refractivity contribution in [3.05, 3.63) is 66.4 Å². The summed E-state index contributed by atoms with van der Waals surface area (Å²) < 4.78 is 15.8. The number of hydrogen-bond donors (Lipinski definition) is 1. The minimum absolute atomic E-state index is 0.356. The number of aromatic nitrogens is 3. The molecular formula is C18H17FN4. The van der Waals surface area contributed by atoms with Crippen molar-refractivity contribution in [1.29, 1.82) is 0 Å². The minimum Gasteiger partial charge on any atom is -0.399 e. The SMILES string of the molecule is C/C=C\C(=C/C)c1cnc2nc(-c3cc(N)ccc3F)cn2c1. The van der Waals surface area contributed by atoms with Crippen LogP contribution >= 0.6 is 0 Å². The van der Waals surface area contributed by atoms with Crippen LogP contribution in [0.25, 0.3) is 22.6 Å². The van der Waals surface area contributed by atoms with Gasteiger partial charge in [0.2, 0.25) is 5.78 Å². The Morgan fingerprint density at radius 1 is 1.26 bits per heavy atom. The number of imidazole rings is 1. The molecule has 0 atom stereocenters. The molecule has 1 aromatic carbocycles. The molecule has 0 aliphatic heterocycles. The molecule has 116 valence electrons. The maximum absolute atomic E-state index is 14.0. The van der Waals surface area contributed by atoms with Gasteiger partial charge in [0.05, 0.1) is 5.69 Å². The molecule has 0 saturated carbocycles. The van der Waals surface area contributed by atoms with Crippen LogP contribution in [0, 0.1) is 5.82 Å². The Morgan fingerprint density at radius 3 is 2.83 bits per heavy atom. The summed E-state index contributed by atoms with van der Waals surface area (Å²) in [6.45, 7) is 3.94. The summed E-state index contributed by atoms with van der Waals surface area (Å²) in [5.41, 5.74) is 9.15. The highest BCUT2D eigenvalue weighted by Crippen LogP contribution is 2.25. The van der Waals surface area contributed by atoms with Gasteiger partial charge in [-0.1, -0.05) is 18.2 Å². The number of benzene rings is 1. The smallest absolute Gasteiger partial charge is 0.234 e. The molecule has 0 saturated heterocycles. The lowest BCUT2D eigenvalue weighted by Gasteiger charge is -2.02. The molecule has 0 aliphatic rings. The third kappa shape index (κ3) is 2.85. The second kappa shape index (κ2) is 6.04. The summed E-state index contributed by atoms with van der Waals surface area (Å²) in [6.07, 6.45) is 11.4. The van der Waals surface area contributed by atoms with Crippen LogP contribution in [0.1, 0.15) is 19.4 Å². The first-order valence-electron chi connectivity index (χ1n) is 7.32. The van der Waals surface area contributed by atoms with Crippen molar-refractivity contribution in [2.75, 3.05) is 5.73 Å². The van der Waals surface area contributed by atoms with Gasteiger partial charge in [0, 0.05) is 35.4 Å². The van der Waals surface area contributed by atoms with Crippen molar-refractivity contribution < 1.29 is 4.39 Å². The molecule has 3 aromatic rings. The molecule has 3 rings (SSSR count). The van der Waals surface area contributed by atoms with Crippen LogP contribution in [0.4, 0.5) is 10.1 Å². The van der Waals surface area contributed by atoms with E-state index in [2.05, 4.69) is 9.97 Å². The van der Waals surface area contributed by atoms with Gasteiger partial charge in [0.15, 0.2) is 0 Å². The zero-order chi connectivity index (χ0) is 16.4. The minimum atomic E-state index is -0.356. The fourth-order valence-corrected chi connectivity index (χ4v) is 2.44. The number of rotatable bonds is 3. The standard InChI is InChI=1S/C18H17FN4/c1-3-5-12(4-2)13-9-21-18-22-17(11-23(18)10-13)15-8-14(20)6-7-16(15)19/h3-11H,20H2,1-2H3/b5-3-,12-4+. The van der Waals surface area contributed by atoms with E-state index in [4.69, 9.17) is 5.73 Å². The van der Waals surface area contributed by atoms with Gasteiger partial charge in [0.25, 0.3) is 0 Å². The maximum atomic E-state index is 14.0. The Labute approximate surface area is 133 Å². The summed E-state index contributed by atoms with van der Waals surface area (Å²) in [4.78, 5) is 8.73. The molecule has 23 heavy (non-hydrogen) atoms. The van der Waals surface area contributed by atoms with Gasteiger partial charge < -0.3 is 5.73 Å². The summed E-state index contributed by atoms with van der Waals surface area (Å²) >= 11 is 0. The molecule has 0 spiro atoms. The summed E-state index contributed by atoms with van der Waals surface area (Å²) in [7, 11) is 0. The maximum Gasteiger partial charge on any atom is 0.234 e. The lowest BCUT2D eigenvalue weighted by atomic mass is 10.1. The van der Waals surface area contributed by atoms with Gasteiger partial charge in [-0.15, -0.1) is 0 Å². The molecule has 0 aliphatic carbocycles. The van der Waals surface area contributed by atoms with Gasteiger partial charge >= 0.3 is 0 Å². The van der Waals surface area contributed by atoms with Crippen LogP contribution in [-0.4, -0.2) is 14.4 Å². The quantitative estimate of drug-likeness (QED) is 0.585. The number of nitrogens with two attached hydrogens (primary N) is 1. The van der Waals surface area contributed by atoms with Crippen molar-refractivity contribution >= 4 is 17.0 Å².